The standard InChI is InChI=1S/C8H12N4O/c1-2-11-8-3-5-6(13-8)4-7(9)12(5)10/h3-4,11H,2,9-10H2,1H3. The molecule has 2 aromatic heterocycles. The molecule has 70 valence electrons. The average molecular weight is 180 g/mol. The summed E-state index contributed by atoms with van der Waals surface area (Å²) in [7, 11) is 0. The molecule has 2 rings (SSSR count). The minimum absolute atomic E-state index is 0.497. The van der Waals surface area contributed by atoms with Crippen molar-refractivity contribution in [2.45, 2.75) is 6.92 Å². The molecule has 0 spiro atoms. The summed E-state index contributed by atoms with van der Waals surface area (Å²) >= 11 is 0. The molecule has 0 aromatic carbocycles. The molecule has 0 aliphatic carbocycles. The molecule has 13 heavy (non-hydrogen) atoms. The third kappa shape index (κ3) is 1.09. The lowest BCUT2D eigenvalue weighted by Gasteiger charge is -1.96. The minimum Gasteiger partial charge on any atom is -0.439 e. The van der Waals surface area contributed by atoms with Crippen LogP contribution >= 0.6 is 0 Å². The normalized spacial score (nSPS) is 10.8. The van der Waals surface area contributed by atoms with Crippen LogP contribution < -0.4 is 16.9 Å². The van der Waals surface area contributed by atoms with Gasteiger partial charge in [-0.05, 0) is 6.92 Å². The molecule has 0 atom stereocenters. The van der Waals surface area contributed by atoms with Crippen LogP contribution in [0.3, 0.4) is 0 Å². The molecule has 5 nitrogen and oxygen atoms in total. The number of anilines is 2. The first-order valence-corrected chi connectivity index (χ1v) is 4.12. The first-order valence-electron chi connectivity index (χ1n) is 4.12. The van der Waals surface area contributed by atoms with Gasteiger partial charge in [0, 0.05) is 18.7 Å². The Morgan fingerprint density at radius 3 is 2.92 bits per heavy atom. The second-order valence-corrected chi connectivity index (χ2v) is 2.83. The molecular weight excluding hydrogens is 168 g/mol. The zero-order chi connectivity index (χ0) is 9.42. The lowest BCUT2D eigenvalue weighted by molar-refractivity contribution is 0.629. The summed E-state index contributed by atoms with van der Waals surface area (Å²) in [6, 6.07) is 3.53. The number of hydrogen-bond donors (Lipinski definition) is 3. The number of rotatable bonds is 2. The molecule has 5 heteroatoms. The Bertz CT molecular complexity index is 428. The Labute approximate surface area is 75.3 Å². The average Bonchev–Trinajstić information content (AvgIpc) is 2.56. The molecule has 0 aliphatic rings. The van der Waals surface area contributed by atoms with E-state index in [2.05, 4.69) is 5.32 Å². The number of nitrogens with two attached hydrogens (primary N) is 2. The minimum atomic E-state index is 0.497. The molecule has 0 saturated heterocycles. The summed E-state index contributed by atoms with van der Waals surface area (Å²) in [4.78, 5) is 0. The predicted octanol–water partition coefficient (Wildman–Crippen LogP) is 0.962. The number of hydrogen-bond acceptors (Lipinski definition) is 4. The summed E-state index contributed by atoms with van der Waals surface area (Å²) in [5.41, 5.74) is 7.08. The molecule has 0 saturated carbocycles. The van der Waals surface area contributed by atoms with E-state index in [9.17, 15) is 0 Å². The largest absolute Gasteiger partial charge is 0.439 e. The van der Waals surface area contributed by atoms with Crippen LogP contribution in [0.2, 0.25) is 0 Å². The summed E-state index contributed by atoms with van der Waals surface area (Å²) in [5, 5.41) is 3.05. The van der Waals surface area contributed by atoms with E-state index in [1.165, 1.54) is 4.68 Å². The van der Waals surface area contributed by atoms with Crippen LogP contribution in [0.25, 0.3) is 11.1 Å². The number of nitrogens with zero attached hydrogens (tertiary/aromatic N) is 1. The fourth-order valence-corrected chi connectivity index (χ4v) is 1.29. The third-order valence-electron chi connectivity index (χ3n) is 1.91. The van der Waals surface area contributed by atoms with Crippen molar-refractivity contribution in [3.63, 3.8) is 0 Å². The Balaban J connectivity index is 2.52. The number of nitrogens with one attached hydrogen (secondary N) is 1. The van der Waals surface area contributed by atoms with E-state index in [4.69, 9.17) is 16.0 Å². The van der Waals surface area contributed by atoms with Gasteiger partial charge in [-0.3, -0.25) is 0 Å². The maximum Gasteiger partial charge on any atom is 0.195 e. The van der Waals surface area contributed by atoms with E-state index in [1.807, 2.05) is 13.0 Å². The van der Waals surface area contributed by atoms with Gasteiger partial charge in [-0.1, -0.05) is 0 Å². The fourth-order valence-electron chi connectivity index (χ4n) is 1.29. The van der Waals surface area contributed by atoms with Crippen LogP contribution in [0.15, 0.2) is 16.5 Å². The van der Waals surface area contributed by atoms with Crippen LogP contribution in [0.4, 0.5) is 11.7 Å². The molecule has 5 N–H and O–H groups in total. The lowest BCUT2D eigenvalue weighted by atomic mass is 10.5. The fraction of sp³-hybridized carbons (Fsp3) is 0.250. The summed E-state index contributed by atoms with van der Waals surface area (Å²) in [5.74, 6) is 6.86. The zero-order valence-corrected chi connectivity index (χ0v) is 7.37. The summed E-state index contributed by atoms with van der Waals surface area (Å²) in [6.07, 6.45) is 0. The highest BCUT2D eigenvalue weighted by Crippen LogP contribution is 2.25. The van der Waals surface area contributed by atoms with E-state index >= 15 is 0 Å². The monoisotopic (exact) mass is 180 g/mol. The van der Waals surface area contributed by atoms with Gasteiger partial charge in [0.25, 0.3) is 0 Å². The van der Waals surface area contributed by atoms with Gasteiger partial charge >= 0.3 is 0 Å². The maximum atomic E-state index is 5.65. The van der Waals surface area contributed by atoms with Crippen LogP contribution in [-0.2, 0) is 0 Å². The van der Waals surface area contributed by atoms with Crippen molar-refractivity contribution in [2.24, 2.45) is 0 Å². The number of fused-ring (bicyclic) bond motifs is 1. The predicted molar refractivity (Wildman–Crippen MR) is 52.9 cm³/mol. The van der Waals surface area contributed by atoms with E-state index in [-0.39, 0.29) is 0 Å². The molecule has 2 heterocycles. The molecule has 0 amide bonds. The van der Waals surface area contributed by atoms with Crippen molar-refractivity contribution >= 4 is 22.8 Å². The van der Waals surface area contributed by atoms with Gasteiger partial charge in [-0.15, -0.1) is 0 Å². The Kier molecular flexibility index (Phi) is 1.58. The lowest BCUT2D eigenvalue weighted by Crippen LogP contribution is -2.10. The molecule has 0 unspecified atom stereocenters. The number of furan rings is 1. The smallest absolute Gasteiger partial charge is 0.195 e. The van der Waals surface area contributed by atoms with E-state index < -0.39 is 0 Å². The molecule has 2 aromatic rings. The Morgan fingerprint density at radius 1 is 1.54 bits per heavy atom. The first-order chi connectivity index (χ1) is 6.22. The van der Waals surface area contributed by atoms with E-state index in [0.29, 0.717) is 17.3 Å². The first kappa shape index (κ1) is 7.85. The van der Waals surface area contributed by atoms with E-state index in [1.54, 1.807) is 6.07 Å². The Hall–Kier alpha value is -1.78. The van der Waals surface area contributed by atoms with Gasteiger partial charge in [-0.25, -0.2) is 4.68 Å². The summed E-state index contributed by atoms with van der Waals surface area (Å²) < 4.78 is 6.82. The quantitative estimate of drug-likeness (QED) is 0.601. The van der Waals surface area contributed by atoms with Gasteiger partial charge in [0.15, 0.2) is 11.5 Å². The SMILES string of the molecule is CCNc1cc2c(cc(N)n2N)o1. The molecule has 0 fully saturated rings. The van der Waals surface area contributed by atoms with Gasteiger partial charge in [0.2, 0.25) is 0 Å². The van der Waals surface area contributed by atoms with Crippen molar-refractivity contribution in [3.8, 4) is 0 Å². The van der Waals surface area contributed by atoms with Gasteiger partial charge in [0.1, 0.15) is 11.3 Å². The van der Waals surface area contributed by atoms with Crippen molar-refractivity contribution < 1.29 is 4.42 Å². The van der Waals surface area contributed by atoms with Crippen LogP contribution in [0.1, 0.15) is 6.92 Å². The number of aromatic nitrogens is 1. The third-order valence-corrected chi connectivity index (χ3v) is 1.91. The second-order valence-electron chi connectivity index (χ2n) is 2.83. The molecular formula is C8H12N4O. The molecule has 0 radical (unpaired) electrons. The van der Waals surface area contributed by atoms with Crippen molar-refractivity contribution in [3.05, 3.63) is 12.1 Å². The van der Waals surface area contributed by atoms with Gasteiger partial charge in [-0.2, -0.15) is 0 Å². The highest BCUT2D eigenvalue weighted by atomic mass is 16.3. The van der Waals surface area contributed by atoms with Gasteiger partial charge < -0.3 is 21.3 Å². The van der Waals surface area contributed by atoms with Crippen LogP contribution in [0.5, 0.6) is 0 Å². The van der Waals surface area contributed by atoms with Crippen molar-refractivity contribution in [1.82, 2.24) is 4.68 Å². The topological polar surface area (TPSA) is 82.1 Å². The van der Waals surface area contributed by atoms with E-state index in [0.717, 1.165) is 12.1 Å². The maximum absolute atomic E-state index is 5.65. The van der Waals surface area contributed by atoms with Crippen LogP contribution in [-0.4, -0.2) is 11.2 Å². The molecule has 0 aliphatic heterocycles. The number of nitrogen functional groups attached to an aromatic ring is 2. The highest BCUT2D eigenvalue weighted by Gasteiger charge is 2.09. The van der Waals surface area contributed by atoms with Crippen molar-refractivity contribution in [1.29, 1.82) is 0 Å². The van der Waals surface area contributed by atoms with Crippen LogP contribution in [0, 0.1) is 0 Å². The Morgan fingerprint density at radius 2 is 2.31 bits per heavy atom. The second kappa shape index (κ2) is 2.62. The highest BCUT2D eigenvalue weighted by molar-refractivity contribution is 5.82. The zero-order valence-electron chi connectivity index (χ0n) is 7.37. The molecule has 0 bridgehead atoms. The van der Waals surface area contributed by atoms with Crippen molar-refractivity contribution in [2.75, 3.05) is 23.4 Å². The summed E-state index contributed by atoms with van der Waals surface area (Å²) in [6.45, 7) is 2.81. The van der Waals surface area contributed by atoms with Gasteiger partial charge in [0.05, 0.1) is 0 Å².